The maximum absolute atomic E-state index is 4.31. The van der Waals surface area contributed by atoms with Crippen molar-refractivity contribution in [2.24, 2.45) is 0 Å². The fourth-order valence-electron chi connectivity index (χ4n) is 1.52. The van der Waals surface area contributed by atoms with Gasteiger partial charge in [0.2, 0.25) is 0 Å². The van der Waals surface area contributed by atoms with E-state index in [9.17, 15) is 0 Å². The zero-order chi connectivity index (χ0) is 12.1. The predicted octanol–water partition coefficient (Wildman–Crippen LogP) is 1.14. The number of aryl methyl sites for hydroxylation is 1. The Morgan fingerprint density at radius 2 is 2.12 bits per heavy atom. The number of anilines is 2. The summed E-state index contributed by atoms with van der Waals surface area (Å²) < 4.78 is 2.01. The van der Waals surface area contributed by atoms with Crippen LogP contribution in [0.25, 0.3) is 0 Å². The normalized spacial score (nSPS) is 10.2. The highest BCUT2D eigenvalue weighted by Crippen LogP contribution is 2.09. The van der Waals surface area contributed by atoms with Gasteiger partial charge in [-0.25, -0.2) is 15.0 Å². The van der Waals surface area contributed by atoms with Crippen LogP contribution in [-0.4, -0.2) is 33.1 Å². The van der Waals surface area contributed by atoms with Crippen molar-refractivity contribution in [3.8, 4) is 0 Å². The van der Waals surface area contributed by atoms with Crippen LogP contribution in [0.3, 0.4) is 0 Å². The minimum Gasteiger partial charge on any atom is -0.373 e. The van der Waals surface area contributed by atoms with E-state index in [4.69, 9.17) is 0 Å². The molecule has 2 rings (SSSR count). The summed E-state index contributed by atoms with van der Waals surface area (Å²) in [7, 11) is 1.84. The van der Waals surface area contributed by atoms with Crippen LogP contribution in [0.4, 0.5) is 11.6 Å². The van der Waals surface area contributed by atoms with Crippen molar-refractivity contribution >= 4 is 11.6 Å². The van der Waals surface area contributed by atoms with E-state index in [-0.39, 0.29) is 0 Å². The number of nitrogens with one attached hydrogen (secondary N) is 2. The first-order valence-electron chi connectivity index (χ1n) is 5.51. The number of imidazole rings is 1. The van der Waals surface area contributed by atoms with Crippen molar-refractivity contribution in [3.63, 3.8) is 0 Å². The van der Waals surface area contributed by atoms with Gasteiger partial charge in [-0.1, -0.05) is 0 Å². The molecule has 6 heteroatoms. The fraction of sp³-hybridized carbons (Fsp3) is 0.364. The van der Waals surface area contributed by atoms with Crippen molar-refractivity contribution in [2.75, 3.05) is 24.2 Å². The summed E-state index contributed by atoms with van der Waals surface area (Å²) >= 11 is 0. The van der Waals surface area contributed by atoms with Crippen LogP contribution >= 0.6 is 0 Å². The molecule has 0 fully saturated rings. The van der Waals surface area contributed by atoms with Gasteiger partial charge in [0.1, 0.15) is 17.5 Å². The molecule has 2 heterocycles. The molecule has 17 heavy (non-hydrogen) atoms. The lowest BCUT2D eigenvalue weighted by Crippen LogP contribution is -2.11. The fourth-order valence-corrected chi connectivity index (χ4v) is 1.52. The van der Waals surface area contributed by atoms with Crippen molar-refractivity contribution in [2.45, 2.75) is 13.5 Å². The number of hydrogen-bond donors (Lipinski definition) is 2. The van der Waals surface area contributed by atoms with Crippen LogP contribution in [-0.2, 0) is 6.54 Å². The lowest BCUT2D eigenvalue weighted by atomic mass is 10.4. The Morgan fingerprint density at radius 1 is 1.29 bits per heavy atom. The summed E-state index contributed by atoms with van der Waals surface area (Å²) in [6.07, 6.45) is 5.51. The Labute approximate surface area is 100 Å². The monoisotopic (exact) mass is 232 g/mol. The zero-order valence-electron chi connectivity index (χ0n) is 10.0. The quantitative estimate of drug-likeness (QED) is 0.809. The second kappa shape index (κ2) is 5.29. The molecule has 0 saturated heterocycles. The molecular weight excluding hydrogens is 216 g/mol. The first-order valence-corrected chi connectivity index (χ1v) is 5.51. The largest absolute Gasteiger partial charge is 0.373 e. The van der Waals surface area contributed by atoms with Crippen LogP contribution in [0.15, 0.2) is 24.8 Å². The van der Waals surface area contributed by atoms with Gasteiger partial charge < -0.3 is 15.2 Å². The van der Waals surface area contributed by atoms with Crippen molar-refractivity contribution in [1.82, 2.24) is 19.5 Å². The summed E-state index contributed by atoms with van der Waals surface area (Å²) in [5, 5.41) is 6.26. The maximum atomic E-state index is 4.31. The van der Waals surface area contributed by atoms with Gasteiger partial charge in [0.25, 0.3) is 0 Å². The molecule has 0 amide bonds. The molecule has 0 unspecified atom stereocenters. The number of nitrogens with zero attached hydrogens (tertiary/aromatic N) is 4. The first kappa shape index (κ1) is 11.4. The Hall–Kier alpha value is -2.11. The third-order valence-corrected chi connectivity index (χ3v) is 2.33. The van der Waals surface area contributed by atoms with Gasteiger partial charge in [0.15, 0.2) is 0 Å². The Balaban J connectivity index is 1.92. The molecule has 0 aromatic carbocycles. The van der Waals surface area contributed by atoms with E-state index in [0.29, 0.717) is 0 Å². The maximum Gasteiger partial charge on any atom is 0.131 e. The SMILES string of the molecule is CNc1cc(NCCn2ccnc2)nc(C)n1. The smallest absolute Gasteiger partial charge is 0.131 e. The minimum atomic E-state index is 0.752. The van der Waals surface area contributed by atoms with E-state index in [1.807, 2.05) is 30.8 Å². The van der Waals surface area contributed by atoms with E-state index >= 15 is 0 Å². The molecule has 2 N–H and O–H groups in total. The van der Waals surface area contributed by atoms with Crippen molar-refractivity contribution in [1.29, 1.82) is 0 Å². The molecule has 0 aliphatic heterocycles. The highest BCUT2D eigenvalue weighted by Gasteiger charge is 1.99. The summed E-state index contributed by atoms with van der Waals surface area (Å²) in [4.78, 5) is 12.5. The highest BCUT2D eigenvalue weighted by molar-refractivity contribution is 5.46. The van der Waals surface area contributed by atoms with E-state index in [0.717, 1.165) is 30.5 Å². The molecule has 0 spiro atoms. The molecule has 0 aliphatic rings. The van der Waals surface area contributed by atoms with E-state index in [2.05, 4.69) is 25.6 Å². The van der Waals surface area contributed by atoms with Crippen molar-refractivity contribution < 1.29 is 0 Å². The van der Waals surface area contributed by atoms with Crippen LogP contribution in [0.1, 0.15) is 5.82 Å². The lowest BCUT2D eigenvalue weighted by molar-refractivity contribution is 0.725. The second-order valence-electron chi connectivity index (χ2n) is 3.66. The first-order chi connectivity index (χ1) is 8.28. The Morgan fingerprint density at radius 3 is 2.82 bits per heavy atom. The lowest BCUT2D eigenvalue weighted by Gasteiger charge is -2.08. The summed E-state index contributed by atoms with van der Waals surface area (Å²) in [5.41, 5.74) is 0. The zero-order valence-corrected chi connectivity index (χ0v) is 10.0. The number of hydrogen-bond acceptors (Lipinski definition) is 5. The standard InChI is InChI=1S/C11H16N6/c1-9-15-10(12-2)7-11(16-9)14-4-6-17-5-3-13-8-17/h3,5,7-8H,4,6H2,1-2H3,(H2,12,14,15,16). The topological polar surface area (TPSA) is 67.7 Å². The molecular formula is C11H16N6. The van der Waals surface area contributed by atoms with Crippen LogP contribution in [0.5, 0.6) is 0 Å². The Kier molecular flexibility index (Phi) is 3.54. The predicted molar refractivity (Wildman–Crippen MR) is 67.0 cm³/mol. The summed E-state index contributed by atoms with van der Waals surface area (Å²) in [6.45, 7) is 3.54. The van der Waals surface area contributed by atoms with Gasteiger partial charge in [-0.2, -0.15) is 0 Å². The molecule has 0 aliphatic carbocycles. The molecule has 0 atom stereocenters. The van der Waals surface area contributed by atoms with Gasteiger partial charge in [0, 0.05) is 38.6 Å². The third kappa shape index (κ3) is 3.17. The molecule has 6 nitrogen and oxygen atoms in total. The van der Waals surface area contributed by atoms with E-state index in [1.54, 1.807) is 12.5 Å². The van der Waals surface area contributed by atoms with Crippen LogP contribution < -0.4 is 10.6 Å². The molecule has 90 valence electrons. The highest BCUT2D eigenvalue weighted by atomic mass is 15.1. The van der Waals surface area contributed by atoms with Gasteiger partial charge in [-0.05, 0) is 6.92 Å². The molecule has 0 bridgehead atoms. The number of aromatic nitrogens is 4. The second-order valence-corrected chi connectivity index (χ2v) is 3.66. The Bertz CT molecular complexity index is 465. The van der Waals surface area contributed by atoms with Crippen LogP contribution in [0, 0.1) is 6.92 Å². The average Bonchev–Trinajstić information content (AvgIpc) is 2.81. The van der Waals surface area contributed by atoms with Gasteiger partial charge in [-0.3, -0.25) is 0 Å². The summed E-state index contributed by atoms with van der Waals surface area (Å²) in [5.74, 6) is 2.41. The van der Waals surface area contributed by atoms with Crippen molar-refractivity contribution in [3.05, 3.63) is 30.6 Å². The van der Waals surface area contributed by atoms with Crippen LogP contribution in [0.2, 0.25) is 0 Å². The third-order valence-electron chi connectivity index (χ3n) is 2.33. The van der Waals surface area contributed by atoms with Gasteiger partial charge >= 0.3 is 0 Å². The van der Waals surface area contributed by atoms with E-state index < -0.39 is 0 Å². The average molecular weight is 232 g/mol. The van der Waals surface area contributed by atoms with E-state index in [1.165, 1.54) is 0 Å². The minimum absolute atomic E-state index is 0.752. The molecule has 0 radical (unpaired) electrons. The summed E-state index contributed by atoms with van der Waals surface area (Å²) in [6, 6.07) is 1.89. The molecule has 0 saturated carbocycles. The van der Waals surface area contributed by atoms with Gasteiger partial charge in [0.05, 0.1) is 6.33 Å². The molecule has 2 aromatic heterocycles. The van der Waals surface area contributed by atoms with Gasteiger partial charge in [-0.15, -0.1) is 0 Å². The molecule has 2 aromatic rings. The number of rotatable bonds is 5.